The minimum Gasteiger partial charge on any atom is -0.352 e. The van der Waals surface area contributed by atoms with Gasteiger partial charge in [0, 0.05) is 25.4 Å². The summed E-state index contributed by atoms with van der Waals surface area (Å²) < 4.78 is 0. The van der Waals surface area contributed by atoms with Crippen LogP contribution in [0.3, 0.4) is 0 Å². The molecule has 36 heavy (non-hydrogen) atoms. The number of halogens is 2. The van der Waals surface area contributed by atoms with E-state index in [1.807, 2.05) is 50.2 Å². The van der Waals surface area contributed by atoms with Crippen molar-refractivity contribution in [3.63, 3.8) is 0 Å². The fraction of sp³-hybridized carbons (Fsp3) is 0.333. The molecule has 0 spiro atoms. The van der Waals surface area contributed by atoms with Crippen LogP contribution in [0.2, 0.25) is 10.0 Å². The second-order valence-corrected chi connectivity index (χ2v) is 10.1. The molecule has 0 heterocycles. The Balaban J connectivity index is 1.90. The van der Waals surface area contributed by atoms with Gasteiger partial charge >= 0.3 is 0 Å². The third kappa shape index (κ3) is 8.11. The second-order valence-electron chi connectivity index (χ2n) is 9.31. The van der Waals surface area contributed by atoms with Crippen LogP contribution in [0.4, 0.5) is 0 Å². The average molecular weight is 526 g/mol. The number of rotatable bonds is 11. The Morgan fingerprint density at radius 1 is 0.833 bits per heavy atom. The first-order valence-electron chi connectivity index (χ1n) is 12.4. The summed E-state index contributed by atoms with van der Waals surface area (Å²) in [5, 5.41) is 3.88. The number of aryl methyl sites for hydroxylation is 2. The van der Waals surface area contributed by atoms with E-state index in [-0.39, 0.29) is 24.4 Å². The minimum absolute atomic E-state index is 0.0465. The summed E-state index contributed by atoms with van der Waals surface area (Å²) in [6.07, 6.45) is 2.29. The number of amides is 2. The lowest BCUT2D eigenvalue weighted by Gasteiger charge is -2.32. The Morgan fingerprint density at radius 3 is 2.08 bits per heavy atom. The largest absolute Gasteiger partial charge is 0.352 e. The van der Waals surface area contributed by atoms with Crippen molar-refractivity contribution in [3.05, 3.63) is 105 Å². The van der Waals surface area contributed by atoms with Crippen molar-refractivity contribution < 1.29 is 9.59 Å². The zero-order valence-electron chi connectivity index (χ0n) is 21.1. The van der Waals surface area contributed by atoms with Crippen molar-refractivity contribution in [2.24, 2.45) is 0 Å². The van der Waals surface area contributed by atoms with Gasteiger partial charge in [-0.1, -0.05) is 90.8 Å². The van der Waals surface area contributed by atoms with Crippen LogP contribution in [-0.4, -0.2) is 28.8 Å². The molecule has 0 saturated carbocycles. The van der Waals surface area contributed by atoms with E-state index in [1.165, 1.54) is 5.56 Å². The zero-order chi connectivity index (χ0) is 26.1. The van der Waals surface area contributed by atoms with Crippen LogP contribution in [0, 0.1) is 0 Å². The van der Waals surface area contributed by atoms with Gasteiger partial charge in [-0.2, -0.15) is 0 Å². The van der Waals surface area contributed by atoms with E-state index in [1.54, 1.807) is 17.0 Å². The Bertz CT molecular complexity index is 1150. The molecule has 0 radical (unpaired) electrons. The van der Waals surface area contributed by atoms with E-state index in [4.69, 9.17) is 23.2 Å². The Hall–Kier alpha value is -2.82. The Labute approximate surface area is 224 Å². The molecule has 0 aliphatic carbocycles. The number of nitrogens with zero attached hydrogens (tertiary/aromatic N) is 1. The van der Waals surface area contributed by atoms with Crippen LogP contribution in [0.25, 0.3) is 0 Å². The zero-order valence-corrected chi connectivity index (χ0v) is 22.6. The fourth-order valence-electron chi connectivity index (χ4n) is 4.11. The van der Waals surface area contributed by atoms with Crippen molar-refractivity contribution >= 4 is 35.0 Å². The van der Waals surface area contributed by atoms with Gasteiger partial charge in [0.25, 0.3) is 0 Å². The van der Waals surface area contributed by atoms with E-state index in [0.29, 0.717) is 29.3 Å². The van der Waals surface area contributed by atoms with Gasteiger partial charge in [-0.05, 0) is 61.1 Å². The quantitative estimate of drug-likeness (QED) is 0.305. The molecule has 0 fully saturated rings. The monoisotopic (exact) mass is 524 g/mol. The molecule has 0 aliphatic rings. The average Bonchev–Trinajstić information content (AvgIpc) is 2.87. The van der Waals surface area contributed by atoms with Gasteiger partial charge in [-0.25, -0.2) is 0 Å². The summed E-state index contributed by atoms with van der Waals surface area (Å²) in [6.45, 7) is 6.22. The third-order valence-corrected chi connectivity index (χ3v) is 6.84. The smallest absolute Gasteiger partial charge is 0.243 e. The summed E-state index contributed by atoms with van der Waals surface area (Å²) in [5.41, 5.74) is 4.17. The van der Waals surface area contributed by atoms with Gasteiger partial charge in [-0.3, -0.25) is 9.59 Å². The SMILES string of the molecule is CCc1ccc(CCC(=O)N(Cc2ccc(Cl)c(Cl)c2)C(Cc2ccccc2)C(=O)NC(C)C)cc1. The molecule has 3 aromatic carbocycles. The number of hydrogen-bond acceptors (Lipinski definition) is 2. The molecule has 0 aromatic heterocycles. The van der Waals surface area contributed by atoms with Crippen LogP contribution < -0.4 is 5.32 Å². The van der Waals surface area contributed by atoms with Crippen LogP contribution in [-0.2, 0) is 35.4 Å². The van der Waals surface area contributed by atoms with E-state index < -0.39 is 6.04 Å². The highest BCUT2D eigenvalue weighted by molar-refractivity contribution is 6.42. The van der Waals surface area contributed by atoms with Crippen molar-refractivity contribution in [3.8, 4) is 0 Å². The lowest BCUT2D eigenvalue weighted by molar-refractivity contribution is -0.141. The predicted molar refractivity (Wildman–Crippen MR) is 148 cm³/mol. The van der Waals surface area contributed by atoms with E-state index >= 15 is 0 Å². The normalized spacial score (nSPS) is 11.8. The summed E-state index contributed by atoms with van der Waals surface area (Å²) in [7, 11) is 0. The number of carbonyl (C=O) groups is 2. The number of benzene rings is 3. The summed E-state index contributed by atoms with van der Waals surface area (Å²) in [4.78, 5) is 28.8. The van der Waals surface area contributed by atoms with Crippen molar-refractivity contribution in [1.82, 2.24) is 10.2 Å². The topological polar surface area (TPSA) is 49.4 Å². The van der Waals surface area contributed by atoms with Crippen LogP contribution in [0.15, 0.2) is 72.8 Å². The fourth-order valence-corrected chi connectivity index (χ4v) is 4.43. The molecule has 0 saturated heterocycles. The molecule has 3 aromatic rings. The summed E-state index contributed by atoms with van der Waals surface area (Å²) >= 11 is 12.4. The number of hydrogen-bond donors (Lipinski definition) is 1. The highest BCUT2D eigenvalue weighted by Crippen LogP contribution is 2.25. The van der Waals surface area contributed by atoms with Crippen LogP contribution in [0.1, 0.15) is 49.4 Å². The maximum atomic E-state index is 13.7. The first-order valence-corrected chi connectivity index (χ1v) is 13.2. The number of nitrogens with one attached hydrogen (secondary N) is 1. The second kappa shape index (κ2) is 13.5. The minimum atomic E-state index is -0.667. The lowest BCUT2D eigenvalue weighted by atomic mass is 10.0. The van der Waals surface area contributed by atoms with Crippen LogP contribution in [0.5, 0.6) is 0 Å². The molecular formula is C30H34Cl2N2O2. The molecule has 1 atom stereocenters. The molecular weight excluding hydrogens is 491 g/mol. The van der Waals surface area contributed by atoms with Gasteiger partial charge in [0.05, 0.1) is 10.0 Å². The molecule has 3 rings (SSSR count). The van der Waals surface area contributed by atoms with Crippen molar-refractivity contribution in [2.75, 3.05) is 0 Å². The van der Waals surface area contributed by atoms with E-state index in [0.717, 1.165) is 23.1 Å². The van der Waals surface area contributed by atoms with Crippen molar-refractivity contribution in [2.45, 2.75) is 65.1 Å². The molecule has 0 bridgehead atoms. The molecule has 4 nitrogen and oxygen atoms in total. The van der Waals surface area contributed by atoms with Crippen molar-refractivity contribution in [1.29, 1.82) is 0 Å². The molecule has 6 heteroatoms. The third-order valence-electron chi connectivity index (χ3n) is 6.10. The maximum absolute atomic E-state index is 13.7. The van der Waals surface area contributed by atoms with E-state index in [2.05, 4.69) is 36.5 Å². The van der Waals surface area contributed by atoms with Crippen LogP contribution >= 0.6 is 23.2 Å². The first kappa shape index (κ1) is 27.8. The van der Waals surface area contributed by atoms with Gasteiger partial charge in [0.15, 0.2) is 0 Å². The van der Waals surface area contributed by atoms with E-state index in [9.17, 15) is 9.59 Å². The van der Waals surface area contributed by atoms with Gasteiger partial charge < -0.3 is 10.2 Å². The Morgan fingerprint density at radius 2 is 1.47 bits per heavy atom. The number of carbonyl (C=O) groups excluding carboxylic acids is 2. The lowest BCUT2D eigenvalue weighted by Crippen LogP contribution is -2.51. The summed E-state index contributed by atoms with van der Waals surface area (Å²) in [5.74, 6) is -0.255. The maximum Gasteiger partial charge on any atom is 0.243 e. The standard InChI is InChI=1S/C30H34Cl2N2O2/c1-4-22-10-12-23(13-11-22)15-17-29(35)34(20-25-14-16-26(31)27(32)18-25)28(30(36)33-21(2)3)19-24-8-6-5-7-9-24/h5-14,16,18,21,28H,4,15,17,19-20H2,1-3H3,(H,33,36). The molecule has 1 N–H and O–H groups in total. The molecule has 2 amide bonds. The predicted octanol–water partition coefficient (Wildman–Crippen LogP) is 6.65. The molecule has 0 aliphatic heterocycles. The summed E-state index contributed by atoms with van der Waals surface area (Å²) in [6, 6.07) is 22.7. The first-order chi connectivity index (χ1) is 17.3. The highest BCUT2D eigenvalue weighted by atomic mass is 35.5. The highest BCUT2D eigenvalue weighted by Gasteiger charge is 2.30. The van der Waals surface area contributed by atoms with Gasteiger partial charge in [0.1, 0.15) is 6.04 Å². The van der Waals surface area contributed by atoms with Gasteiger partial charge in [0.2, 0.25) is 11.8 Å². The Kier molecular flexibility index (Phi) is 10.4. The molecule has 190 valence electrons. The van der Waals surface area contributed by atoms with Gasteiger partial charge in [-0.15, -0.1) is 0 Å². The molecule has 1 unspecified atom stereocenters.